The highest BCUT2D eigenvalue weighted by Crippen LogP contribution is 2.36. The third-order valence-electron chi connectivity index (χ3n) is 1.88. The van der Waals surface area contributed by atoms with Crippen LogP contribution in [-0.2, 0) is 0 Å². The number of rotatable bonds is 2. The van der Waals surface area contributed by atoms with Gasteiger partial charge in [-0.05, 0) is 30.5 Å². The van der Waals surface area contributed by atoms with Gasteiger partial charge in [-0.2, -0.15) is 0 Å². The minimum Gasteiger partial charge on any atom is -0.124 e. The summed E-state index contributed by atoms with van der Waals surface area (Å²) in [5.74, 6) is 0. The molecule has 1 heterocycles. The van der Waals surface area contributed by atoms with Crippen LogP contribution in [0.3, 0.4) is 0 Å². The summed E-state index contributed by atoms with van der Waals surface area (Å²) >= 11 is 1.82. The van der Waals surface area contributed by atoms with Gasteiger partial charge in [0.2, 0.25) is 0 Å². The molecule has 0 N–H and O–H groups in total. The van der Waals surface area contributed by atoms with E-state index in [1.165, 1.54) is 9.79 Å². The molecule has 0 bridgehead atoms. The van der Waals surface area contributed by atoms with Crippen LogP contribution in [0.25, 0.3) is 4.90 Å². The first-order valence-electron chi connectivity index (χ1n) is 4.12. The van der Waals surface area contributed by atoms with E-state index in [0.717, 1.165) is 0 Å². The van der Waals surface area contributed by atoms with E-state index in [1.807, 2.05) is 11.8 Å². The number of hydrogen-bond donors (Lipinski definition) is 0. The Labute approximate surface area is 85.6 Å². The zero-order valence-electron chi connectivity index (χ0n) is 7.44. The van der Waals surface area contributed by atoms with E-state index in [0.29, 0.717) is 0 Å². The van der Waals surface area contributed by atoms with E-state index < -0.39 is 0 Å². The van der Waals surface area contributed by atoms with Gasteiger partial charge >= 0.3 is 0 Å². The molecule has 0 spiro atoms. The second-order valence-corrected chi connectivity index (χ2v) is 5.26. The number of benzene rings is 1. The molecule has 0 atom stereocenters. The van der Waals surface area contributed by atoms with Crippen molar-refractivity contribution in [2.75, 3.05) is 6.26 Å². The van der Waals surface area contributed by atoms with Crippen molar-refractivity contribution in [3.8, 4) is 4.90 Å². The average molecular weight is 207 g/mol. The van der Waals surface area contributed by atoms with Gasteiger partial charge in [0.15, 0.2) is 4.90 Å². The fourth-order valence-electron chi connectivity index (χ4n) is 1.27. The lowest BCUT2D eigenvalue weighted by Gasteiger charge is -1.96. The molecule has 0 fully saturated rings. The van der Waals surface area contributed by atoms with Crippen LogP contribution < -0.4 is 0 Å². The number of hydrogen-bond acceptors (Lipinski definition) is 1. The van der Waals surface area contributed by atoms with Crippen molar-refractivity contribution in [2.45, 2.75) is 4.90 Å². The minimum atomic E-state index is 0.216. The smallest absolute Gasteiger partial charge is 0.124 e. The second kappa shape index (κ2) is 3.99. The van der Waals surface area contributed by atoms with E-state index >= 15 is 0 Å². The Morgan fingerprint density at radius 3 is 2.38 bits per heavy atom. The van der Waals surface area contributed by atoms with Crippen LogP contribution in [0.4, 0.5) is 0 Å². The molecule has 13 heavy (non-hydrogen) atoms. The van der Waals surface area contributed by atoms with Crippen molar-refractivity contribution in [2.24, 2.45) is 0 Å². The third kappa shape index (κ3) is 1.79. The molecule has 1 aromatic carbocycles. The van der Waals surface area contributed by atoms with Crippen LogP contribution in [0.1, 0.15) is 0 Å². The quantitative estimate of drug-likeness (QED) is 0.526. The summed E-state index contributed by atoms with van der Waals surface area (Å²) in [5.41, 5.74) is 0. The molecule has 0 unspecified atom stereocenters. The fourth-order valence-corrected chi connectivity index (χ4v) is 3.73. The standard InChI is InChI=1S/C11H11S2/c1-12-10-6-2-3-7-11(10)13-8-4-5-9-13/h2-9H,1H3/q+1. The average Bonchev–Trinajstić information content (AvgIpc) is 2.70. The van der Waals surface area contributed by atoms with Crippen molar-refractivity contribution in [1.82, 2.24) is 0 Å². The first kappa shape index (κ1) is 8.85. The molecule has 66 valence electrons. The maximum absolute atomic E-state index is 2.26. The summed E-state index contributed by atoms with van der Waals surface area (Å²) in [6, 6.07) is 12.9. The first-order chi connectivity index (χ1) is 6.42. The Kier molecular flexibility index (Phi) is 2.71. The maximum Gasteiger partial charge on any atom is 0.191 e. The van der Waals surface area contributed by atoms with Gasteiger partial charge in [-0.3, -0.25) is 0 Å². The highest BCUT2D eigenvalue weighted by atomic mass is 32.2. The molecule has 0 aliphatic rings. The van der Waals surface area contributed by atoms with Gasteiger partial charge in [0.1, 0.15) is 10.8 Å². The Morgan fingerprint density at radius 1 is 1.00 bits per heavy atom. The lowest BCUT2D eigenvalue weighted by Crippen LogP contribution is -1.73. The Bertz CT molecular complexity index is 377. The Hall–Kier alpha value is -0.730. The van der Waals surface area contributed by atoms with E-state index in [1.54, 1.807) is 0 Å². The van der Waals surface area contributed by atoms with Crippen LogP contribution in [0, 0.1) is 0 Å². The monoisotopic (exact) mass is 207 g/mol. The van der Waals surface area contributed by atoms with E-state index in [9.17, 15) is 0 Å². The van der Waals surface area contributed by atoms with Crippen LogP contribution in [0.2, 0.25) is 0 Å². The molecule has 2 rings (SSSR count). The highest BCUT2D eigenvalue weighted by molar-refractivity contribution is 7.99. The van der Waals surface area contributed by atoms with Crippen LogP contribution in [0.5, 0.6) is 0 Å². The molecular weight excluding hydrogens is 196 g/mol. The predicted molar refractivity (Wildman–Crippen MR) is 62.0 cm³/mol. The molecular formula is C11H11S2+. The van der Waals surface area contributed by atoms with E-state index in [-0.39, 0.29) is 10.5 Å². The van der Waals surface area contributed by atoms with Gasteiger partial charge in [0.05, 0.1) is 4.90 Å². The largest absolute Gasteiger partial charge is 0.191 e. The van der Waals surface area contributed by atoms with Gasteiger partial charge in [-0.25, -0.2) is 0 Å². The molecule has 2 aromatic rings. The van der Waals surface area contributed by atoms with E-state index in [2.05, 4.69) is 53.4 Å². The van der Waals surface area contributed by atoms with Gasteiger partial charge in [0.25, 0.3) is 0 Å². The Balaban J connectivity index is 2.51. The van der Waals surface area contributed by atoms with Crippen molar-refractivity contribution in [3.63, 3.8) is 0 Å². The van der Waals surface area contributed by atoms with Gasteiger partial charge in [-0.15, -0.1) is 11.8 Å². The molecule has 0 aliphatic carbocycles. The summed E-state index contributed by atoms with van der Waals surface area (Å²) in [7, 11) is 0.216. The fraction of sp³-hybridized carbons (Fsp3) is 0.0909. The lowest BCUT2D eigenvalue weighted by molar-refractivity contribution is 1.52. The molecule has 0 nitrogen and oxygen atoms in total. The maximum atomic E-state index is 2.26. The molecule has 0 amide bonds. The van der Waals surface area contributed by atoms with Gasteiger partial charge < -0.3 is 0 Å². The number of thiophene rings is 1. The summed E-state index contributed by atoms with van der Waals surface area (Å²) in [6.07, 6.45) is 2.13. The summed E-state index contributed by atoms with van der Waals surface area (Å²) in [4.78, 5) is 2.84. The third-order valence-corrected chi connectivity index (χ3v) is 4.57. The highest BCUT2D eigenvalue weighted by Gasteiger charge is 2.11. The molecule has 0 saturated heterocycles. The summed E-state index contributed by atoms with van der Waals surface area (Å²) in [5, 5.41) is 4.52. The normalized spacial score (nSPS) is 10.2. The van der Waals surface area contributed by atoms with Gasteiger partial charge in [-0.1, -0.05) is 12.1 Å². The molecule has 0 saturated carbocycles. The molecule has 0 radical (unpaired) electrons. The lowest BCUT2D eigenvalue weighted by atomic mass is 10.4. The zero-order chi connectivity index (χ0) is 9.10. The zero-order valence-corrected chi connectivity index (χ0v) is 9.07. The summed E-state index contributed by atoms with van der Waals surface area (Å²) in [6.45, 7) is 0. The van der Waals surface area contributed by atoms with Crippen molar-refractivity contribution < 1.29 is 0 Å². The van der Waals surface area contributed by atoms with Crippen molar-refractivity contribution in [3.05, 3.63) is 47.2 Å². The number of thioether (sulfide) groups is 1. The topological polar surface area (TPSA) is 0 Å². The van der Waals surface area contributed by atoms with Crippen LogP contribution >= 0.6 is 22.2 Å². The molecule has 2 heteroatoms. The Morgan fingerprint density at radius 2 is 1.69 bits per heavy atom. The SMILES string of the molecule is CSc1ccccc1-[s+]1cccc1. The predicted octanol–water partition coefficient (Wildman–Crippen LogP) is 4.15. The van der Waals surface area contributed by atoms with Crippen molar-refractivity contribution >= 4 is 22.2 Å². The van der Waals surface area contributed by atoms with Crippen LogP contribution in [0.15, 0.2) is 52.1 Å². The van der Waals surface area contributed by atoms with E-state index in [4.69, 9.17) is 0 Å². The second-order valence-electron chi connectivity index (χ2n) is 2.68. The molecule has 0 aliphatic heterocycles. The van der Waals surface area contributed by atoms with Crippen molar-refractivity contribution in [1.29, 1.82) is 0 Å². The van der Waals surface area contributed by atoms with Gasteiger partial charge in [0, 0.05) is 10.5 Å². The first-order valence-corrected chi connectivity index (χ1v) is 6.69. The minimum absolute atomic E-state index is 0.216. The molecule has 1 aromatic heterocycles. The van der Waals surface area contributed by atoms with Crippen LogP contribution in [-0.4, -0.2) is 6.26 Å². The summed E-state index contributed by atoms with van der Waals surface area (Å²) < 4.78 is 0.